The third-order valence-electron chi connectivity index (χ3n) is 5.16. The van der Waals surface area contributed by atoms with Gasteiger partial charge < -0.3 is 15.0 Å². The van der Waals surface area contributed by atoms with Crippen molar-refractivity contribution in [2.75, 3.05) is 13.2 Å². The summed E-state index contributed by atoms with van der Waals surface area (Å²) >= 11 is 6.17. The van der Waals surface area contributed by atoms with Crippen molar-refractivity contribution in [3.05, 3.63) is 64.3 Å². The number of carbonyl (C=O) groups excluding carboxylic acids is 1. The van der Waals surface area contributed by atoms with Gasteiger partial charge in [-0.25, -0.2) is 0 Å². The molecule has 2 N–H and O–H groups in total. The summed E-state index contributed by atoms with van der Waals surface area (Å²) in [5.74, 6) is -0.146. The number of hydrogen-bond acceptors (Lipinski definition) is 3. The Kier molecular flexibility index (Phi) is 7.37. The summed E-state index contributed by atoms with van der Waals surface area (Å²) in [6.45, 7) is 4.82. The standard InChI is InChI=1S/C24H26ClN3O2/c1-16-12-20(13-17(2)23(16)25)30-11-5-6-18(14-26)24(29)27-10-9-19-15-28-22-8-4-3-7-21(19)22/h3-4,7-8,12-13,15,18,28H,5-6,9-11H2,1-2H3,(H,27,29). The second-order valence-electron chi connectivity index (χ2n) is 7.44. The SMILES string of the molecule is Cc1cc(OCCCC(C#N)C(=O)NCCc2c[nH]c3ccccc23)cc(C)c1Cl. The van der Waals surface area contributed by atoms with Crippen LogP contribution in [0.25, 0.3) is 10.9 Å². The first-order chi connectivity index (χ1) is 14.5. The number of amides is 1. The number of aryl methyl sites for hydroxylation is 2. The van der Waals surface area contributed by atoms with Gasteiger partial charge in [0, 0.05) is 28.7 Å². The van der Waals surface area contributed by atoms with Gasteiger partial charge in [0.1, 0.15) is 11.7 Å². The Morgan fingerprint density at radius 1 is 1.27 bits per heavy atom. The molecule has 0 aliphatic rings. The molecule has 3 rings (SSSR count). The van der Waals surface area contributed by atoms with E-state index in [4.69, 9.17) is 16.3 Å². The number of fused-ring (bicyclic) bond motifs is 1. The molecule has 0 aliphatic heterocycles. The van der Waals surface area contributed by atoms with E-state index >= 15 is 0 Å². The minimum Gasteiger partial charge on any atom is -0.494 e. The van der Waals surface area contributed by atoms with Gasteiger partial charge in [-0.15, -0.1) is 0 Å². The zero-order chi connectivity index (χ0) is 21.5. The zero-order valence-electron chi connectivity index (χ0n) is 17.3. The molecule has 5 nitrogen and oxygen atoms in total. The van der Waals surface area contributed by atoms with Gasteiger partial charge in [0.15, 0.2) is 0 Å². The molecular weight excluding hydrogens is 398 g/mol. The molecule has 0 radical (unpaired) electrons. The molecule has 0 aliphatic carbocycles. The van der Waals surface area contributed by atoms with E-state index in [-0.39, 0.29) is 5.91 Å². The summed E-state index contributed by atoms with van der Waals surface area (Å²) in [5.41, 5.74) is 4.17. The highest BCUT2D eigenvalue weighted by Gasteiger charge is 2.17. The van der Waals surface area contributed by atoms with Crippen LogP contribution in [-0.2, 0) is 11.2 Å². The molecule has 0 fully saturated rings. The number of benzene rings is 2. The lowest BCUT2D eigenvalue weighted by Crippen LogP contribution is -2.31. The first-order valence-corrected chi connectivity index (χ1v) is 10.5. The maximum absolute atomic E-state index is 12.4. The first kappa shape index (κ1) is 21.7. The largest absolute Gasteiger partial charge is 0.494 e. The van der Waals surface area contributed by atoms with Gasteiger partial charge in [0.2, 0.25) is 5.91 Å². The van der Waals surface area contributed by atoms with E-state index in [2.05, 4.69) is 22.4 Å². The summed E-state index contributed by atoms with van der Waals surface area (Å²) in [6.07, 6.45) is 3.76. The smallest absolute Gasteiger partial charge is 0.237 e. The number of rotatable bonds is 9. The average molecular weight is 424 g/mol. The second-order valence-corrected chi connectivity index (χ2v) is 7.82. The van der Waals surface area contributed by atoms with Crippen LogP contribution in [0.5, 0.6) is 5.75 Å². The molecule has 3 aromatic rings. The molecule has 0 saturated heterocycles. The van der Waals surface area contributed by atoms with Crippen molar-refractivity contribution < 1.29 is 9.53 Å². The maximum atomic E-state index is 12.4. The number of nitriles is 1. The number of halogens is 1. The number of ether oxygens (including phenoxy) is 1. The Balaban J connectivity index is 1.42. The van der Waals surface area contributed by atoms with E-state index in [0.717, 1.165) is 38.4 Å². The predicted molar refractivity (Wildman–Crippen MR) is 120 cm³/mol. The lowest BCUT2D eigenvalue weighted by Gasteiger charge is -2.12. The van der Waals surface area contributed by atoms with Crippen molar-refractivity contribution in [1.29, 1.82) is 5.26 Å². The number of nitrogens with one attached hydrogen (secondary N) is 2. The van der Waals surface area contributed by atoms with Crippen molar-refractivity contribution in [2.45, 2.75) is 33.1 Å². The third kappa shape index (κ3) is 5.34. The van der Waals surface area contributed by atoms with Crippen molar-refractivity contribution >= 4 is 28.4 Å². The highest BCUT2D eigenvalue weighted by molar-refractivity contribution is 6.32. The summed E-state index contributed by atoms with van der Waals surface area (Å²) < 4.78 is 5.77. The van der Waals surface area contributed by atoms with Crippen LogP contribution >= 0.6 is 11.6 Å². The molecule has 1 heterocycles. The topological polar surface area (TPSA) is 77.9 Å². The minimum atomic E-state index is -0.676. The maximum Gasteiger partial charge on any atom is 0.237 e. The highest BCUT2D eigenvalue weighted by atomic mass is 35.5. The van der Waals surface area contributed by atoms with Gasteiger partial charge in [-0.2, -0.15) is 5.26 Å². The Morgan fingerprint density at radius 3 is 2.73 bits per heavy atom. The van der Waals surface area contributed by atoms with Crippen LogP contribution in [0.2, 0.25) is 5.02 Å². The second kappa shape index (κ2) is 10.2. The molecule has 30 heavy (non-hydrogen) atoms. The monoisotopic (exact) mass is 423 g/mol. The molecule has 1 atom stereocenters. The van der Waals surface area contributed by atoms with Crippen molar-refractivity contribution in [3.8, 4) is 11.8 Å². The lowest BCUT2D eigenvalue weighted by atomic mass is 10.0. The van der Waals surface area contributed by atoms with Crippen LogP contribution in [0.15, 0.2) is 42.6 Å². The van der Waals surface area contributed by atoms with Gasteiger partial charge in [0.05, 0.1) is 12.7 Å². The van der Waals surface area contributed by atoms with Crippen LogP contribution in [0.4, 0.5) is 0 Å². The number of aromatic amines is 1. The number of para-hydroxylation sites is 1. The van der Waals surface area contributed by atoms with Crippen molar-refractivity contribution in [3.63, 3.8) is 0 Å². The fraction of sp³-hybridized carbons (Fsp3) is 0.333. The van der Waals surface area contributed by atoms with Gasteiger partial charge in [-0.05, 0) is 68.0 Å². The zero-order valence-corrected chi connectivity index (χ0v) is 18.1. The molecule has 2 aromatic carbocycles. The van der Waals surface area contributed by atoms with E-state index in [9.17, 15) is 10.1 Å². The van der Waals surface area contributed by atoms with Gasteiger partial charge in [-0.1, -0.05) is 29.8 Å². The molecule has 156 valence electrons. The Hall–Kier alpha value is -2.97. The van der Waals surface area contributed by atoms with E-state index in [0.29, 0.717) is 32.4 Å². The van der Waals surface area contributed by atoms with Crippen molar-refractivity contribution in [1.82, 2.24) is 10.3 Å². The highest BCUT2D eigenvalue weighted by Crippen LogP contribution is 2.26. The lowest BCUT2D eigenvalue weighted by molar-refractivity contribution is -0.123. The number of carbonyl (C=O) groups is 1. The van der Waals surface area contributed by atoms with Gasteiger partial charge in [0.25, 0.3) is 0 Å². The Labute approximate surface area is 182 Å². The number of nitrogens with zero attached hydrogens (tertiary/aromatic N) is 1. The van der Waals surface area contributed by atoms with E-state index in [1.165, 1.54) is 0 Å². The molecule has 1 aromatic heterocycles. The normalized spacial score (nSPS) is 11.8. The van der Waals surface area contributed by atoms with E-state index in [1.54, 1.807) is 0 Å². The Morgan fingerprint density at radius 2 is 2.00 bits per heavy atom. The molecule has 1 unspecified atom stereocenters. The summed E-state index contributed by atoms with van der Waals surface area (Å²) in [5, 5.41) is 14.2. The molecule has 0 bridgehead atoms. The van der Waals surface area contributed by atoms with Crippen LogP contribution in [0.3, 0.4) is 0 Å². The number of H-pyrrole nitrogens is 1. The summed E-state index contributed by atoms with van der Waals surface area (Å²) in [4.78, 5) is 15.6. The average Bonchev–Trinajstić information content (AvgIpc) is 3.15. The Bertz CT molecular complexity index is 1040. The first-order valence-electron chi connectivity index (χ1n) is 10.1. The summed E-state index contributed by atoms with van der Waals surface area (Å²) in [6, 6.07) is 14.0. The molecule has 0 saturated carbocycles. The van der Waals surface area contributed by atoms with Gasteiger partial charge >= 0.3 is 0 Å². The minimum absolute atomic E-state index is 0.226. The van der Waals surface area contributed by atoms with Crippen molar-refractivity contribution in [2.24, 2.45) is 5.92 Å². The summed E-state index contributed by atoms with van der Waals surface area (Å²) in [7, 11) is 0. The molecular formula is C24H26ClN3O2. The van der Waals surface area contributed by atoms with Crippen LogP contribution in [-0.4, -0.2) is 24.0 Å². The molecule has 0 spiro atoms. The van der Waals surface area contributed by atoms with Crippen LogP contribution < -0.4 is 10.1 Å². The predicted octanol–water partition coefficient (Wildman–Crippen LogP) is 5.10. The van der Waals surface area contributed by atoms with Gasteiger partial charge in [-0.3, -0.25) is 4.79 Å². The van der Waals surface area contributed by atoms with Crippen LogP contribution in [0, 0.1) is 31.1 Å². The molecule has 6 heteroatoms. The fourth-order valence-corrected chi connectivity index (χ4v) is 3.61. The van der Waals surface area contributed by atoms with E-state index < -0.39 is 5.92 Å². The number of hydrogen-bond donors (Lipinski definition) is 2. The molecule has 1 amide bonds. The quantitative estimate of drug-likeness (QED) is 0.470. The number of aromatic nitrogens is 1. The van der Waals surface area contributed by atoms with E-state index in [1.807, 2.05) is 50.4 Å². The fourth-order valence-electron chi connectivity index (χ4n) is 3.50. The third-order valence-corrected chi connectivity index (χ3v) is 5.75. The van der Waals surface area contributed by atoms with Crippen LogP contribution in [0.1, 0.15) is 29.5 Å².